The van der Waals surface area contributed by atoms with E-state index in [1.165, 1.54) is 20.0 Å². The molecule has 234 valence electrons. The Morgan fingerprint density at radius 2 is 1.93 bits per heavy atom. The third-order valence-electron chi connectivity index (χ3n) is 10.1. The van der Waals surface area contributed by atoms with E-state index in [9.17, 15) is 20.1 Å². The highest BCUT2D eigenvalue weighted by molar-refractivity contribution is 5.93. The number of benzene rings is 2. The maximum absolute atomic E-state index is 13.6. The molecule has 1 saturated heterocycles. The molecule has 3 aromatic rings. The topological polar surface area (TPSA) is 141 Å². The van der Waals surface area contributed by atoms with E-state index in [2.05, 4.69) is 20.4 Å². The SMILES string of the molecule is COc1c(O)ccc2c1[C@]1(C/C(O)=C(\C)C(=O)NC(C)(C)c3nc(-c4ccccc4)no3)CCN(CC3CC3)[C@H](C2)C1(C)O. The third kappa shape index (κ3) is 5.03. The molecule has 4 N–H and O–H groups in total. The molecule has 1 aromatic heterocycles. The molecule has 1 unspecified atom stereocenters. The zero-order chi connectivity index (χ0) is 31.4. The maximum Gasteiger partial charge on any atom is 0.252 e. The highest BCUT2D eigenvalue weighted by atomic mass is 16.5. The molecular formula is C34H42N4O6. The molecule has 3 aliphatic rings. The van der Waals surface area contributed by atoms with Gasteiger partial charge in [0.2, 0.25) is 5.82 Å². The van der Waals surface area contributed by atoms with Gasteiger partial charge in [-0.15, -0.1) is 0 Å². The highest BCUT2D eigenvalue weighted by Gasteiger charge is 2.62. The largest absolute Gasteiger partial charge is 0.512 e. The van der Waals surface area contributed by atoms with Crippen LogP contribution in [0.3, 0.4) is 0 Å². The van der Waals surface area contributed by atoms with Gasteiger partial charge in [0.1, 0.15) is 11.3 Å². The zero-order valence-corrected chi connectivity index (χ0v) is 26.1. The first-order valence-corrected chi connectivity index (χ1v) is 15.3. The predicted octanol–water partition coefficient (Wildman–Crippen LogP) is 4.75. The van der Waals surface area contributed by atoms with Crippen LogP contribution in [-0.4, -0.2) is 68.1 Å². The number of carbonyl (C=O) groups is 1. The summed E-state index contributed by atoms with van der Waals surface area (Å²) in [5.41, 5.74) is -0.739. The third-order valence-corrected chi connectivity index (χ3v) is 10.1. The lowest BCUT2D eigenvalue weighted by Crippen LogP contribution is -2.70. The molecule has 1 saturated carbocycles. The van der Waals surface area contributed by atoms with Gasteiger partial charge in [0.15, 0.2) is 11.5 Å². The van der Waals surface area contributed by atoms with Crippen LogP contribution in [0.25, 0.3) is 11.4 Å². The molecule has 2 aliphatic carbocycles. The van der Waals surface area contributed by atoms with Crippen molar-refractivity contribution in [3.63, 3.8) is 0 Å². The summed E-state index contributed by atoms with van der Waals surface area (Å²) >= 11 is 0. The van der Waals surface area contributed by atoms with E-state index in [1.54, 1.807) is 26.8 Å². The van der Waals surface area contributed by atoms with Crippen molar-refractivity contribution in [2.75, 3.05) is 20.2 Å². The number of allylic oxidation sites excluding steroid dienone is 1. The Kier molecular flexibility index (Phi) is 7.49. The highest BCUT2D eigenvalue weighted by Crippen LogP contribution is 2.58. The number of aliphatic hydroxyl groups is 2. The lowest BCUT2D eigenvalue weighted by atomic mass is 9.53. The van der Waals surface area contributed by atoms with Crippen LogP contribution in [0, 0.1) is 5.92 Å². The van der Waals surface area contributed by atoms with E-state index in [4.69, 9.17) is 9.26 Å². The van der Waals surface area contributed by atoms with Gasteiger partial charge in [-0.25, -0.2) is 0 Å². The second-order valence-electron chi connectivity index (χ2n) is 13.4. The van der Waals surface area contributed by atoms with Crippen LogP contribution in [0.1, 0.15) is 70.4 Å². The Bertz CT molecular complexity index is 1590. The zero-order valence-electron chi connectivity index (χ0n) is 26.1. The van der Waals surface area contributed by atoms with Crippen LogP contribution in [-0.2, 0) is 22.2 Å². The number of ether oxygens (including phenoxy) is 1. The summed E-state index contributed by atoms with van der Waals surface area (Å²) in [6.07, 6.45) is 3.53. The number of rotatable bonds is 9. The number of likely N-dealkylation sites (tertiary alicyclic amines) is 1. The number of phenols is 1. The predicted molar refractivity (Wildman–Crippen MR) is 164 cm³/mol. The molecule has 1 amide bonds. The number of methoxy groups -OCH3 is 1. The number of nitrogens with one attached hydrogen (secondary N) is 1. The van der Waals surface area contributed by atoms with Crippen molar-refractivity contribution in [3.8, 4) is 22.9 Å². The van der Waals surface area contributed by atoms with Crippen LogP contribution in [0.4, 0.5) is 0 Å². The average molecular weight is 603 g/mol. The fourth-order valence-corrected chi connectivity index (χ4v) is 7.21. The molecule has 44 heavy (non-hydrogen) atoms. The van der Waals surface area contributed by atoms with Gasteiger partial charge in [-0.1, -0.05) is 41.6 Å². The summed E-state index contributed by atoms with van der Waals surface area (Å²) < 4.78 is 11.2. The number of hydrogen-bond acceptors (Lipinski definition) is 9. The molecule has 2 aromatic carbocycles. The quantitative estimate of drug-likeness (QED) is 0.202. The second-order valence-corrected chi connectivity index (χ2v) is 13.4. The molecule has 2 bridgehead atoms. The van der Waals surface area contributed by atoms with Gasteiger partial charge in [-0.05, 0) is 77.5 Å². The minimum atomic E-state index is -1.28. The van der Waals surface area contributed by atoms with Crippen molar-refractivity contribution in [1.29, 1.82) is 0 Å². The smallest absolute Gasteiger partial charge is 0.252 e. The van der Waals surface area contributed by atoms with E-state index >= 15 is 0 Å². The minimum absolute atomic E-state index is 0.00102. The average Bonchev–Trinajstić information content (AvgIpc) is 3.66. The first-order valence-electron chi connectivity index (χ1n) is 15.3. The Morgan fingerprint density at radius 3 is 2.61 bits per heavy atom. The monoisotopic (exact) mass is 602 g/mol. The lowest BCUT2D eigenvalue weighted by molar-refractivity contribution is -0.138. The van der Waals surface area contributed by atoms with Gasteiger partial charge in [0.25, 0.3) is 11.8 Å². The number of fused-ring (bicyclic) bond motifs is 4. The minimum Gasteiger partial charge on any atom is -0.512 e. The summed E-state index contributed by atoms with van der Waals surface area (Å²) in [5, 5.41) is 41.8. The Morgan fingerprint density at radius 1 is 1.20 bits per heavy atom. The summed E-state index contributed by atoms with van der Waals surface area (Å²) in [4.78, 5) is 20.5. The van der Waals surface area contributed by atoms with E-state index in [1.807, 2.05) is 43.3 Å². The molecule has 2 fully saturated rings. The number of aromatic nitrogens is 2. The number of aliphatic hydroxyl groups excluding tert-OH is 1. The van der Waals surface area contributed by atoms with Gasteiger partial charge in [0.05, 0.1) is 18.3 Å². The molecule has 1 aliphatic heterocycles. The number of aromatic hydroxyl groups is 1. The number of hydrogen-bond donors (Lipinski definition) is 4. The number of phenolic OH excluding ortho intramolecular Hbond substituents is 1. The van der Waals surface area contributed by atoms with E-state index in [0.29, 0.717) is 35.9 Å². The molecule has 3 atom stereocenters. The van der Waals surface area contributed by atoms with Crippen molar-refractivity contribution in [2.45, 2.75) is 82.4 Å². The van der Waals surface area contributed by atoms with Crippen molar-refractivity contribution in [1.82, 2.24) is 20.4 Å². The van der Waals surface area contributed by atoms with E-state index in [-0.39, 0.29) is 35.4 Å². The van der Waals surface area contributed by atoms with Crippen molar-refractivity contribution in [2.24, 2.45) is 5.92 Å². The lowest BCUT2D eigenvalue weighted by Gasteiger charge is -2.61. The number of piperidine rings is 1. The maximum atomic E-state index is 13.6. The summed E-state index contributed by atoms with van der Waals surface area (Å²) in [6.45, 7) is 8.56. The van der Waals surface area contributed by atoms with Crippen molar-refractivity contribution < 1.29 is 29.4 Å². The fraction of sp³-hybridized carbons (Fsp3) is 0.500. The van der Waals surface area contributed by atoms with Crippen LogP contribution in [0.15, 0.2) is 58.3 Å². The van der Waals surface area contributed by atoms with Gasteiger partial charge in [-0.2, -0.15) is 4.98 Å². The Hall–Kier alpha value is -3.89. The number of carbonyl (C=O) groups excluding carboxylic acids is 1. The van der Waals surface area contributed by atoms with Crippen LogP contribution in [0.5, 0.6) is 11.5 Å². The van der Waals surface area contributed by atoms with Crippen LogP contribution in [0.2, 0.25) is 0 Å². The molecule has 0 radical (unpaired) electrons. The van der Waals surface area contributed by atoms with Gasteiger partial charge < -0.3 is 29.9 Å². The Labute approximate surface area is 257 Å². The van der Waals surface area contributed by atoms with Crippen molar-refractivity contribution in [3.05, 3.63) is 70.8 Å². The standard InChI is InChI=1S/C34H42N4O6/c1-20(30(41)36-32(2,3)31-35-29(37-44-31)22-9-7-6-8-10-22)25(40)18-34-15-16-38(19-21-11-12-21)26(33(34,4)42)17-23-13-14-24(39)28(43-5)27(23)34/h6-10,13-14,21,26,39-40,42H,11-12,15-19H2,1-5H3,(H,36,41)/b25-20-/t26-,33?,34-/m1/s1. The molecule has 10 nitrogen and oxygen atoms in total. The fourth-order valence-electron chi connectivity index (χ4n) is 7.21. The molecule has 10 heteroatoms. The van der Waals surface area contributed by atoms with E-state index in [0.717, 1.165) is 24.2 Å². The normalized spacial score (nSPS) is 25.6. The number of amides is 1. The van der Waals surface area contributed by atoms with Crippen LogP contribution < -0.4 is 10.1 Å². The van der Waals surface area contributed by atoms with E-state index < -0.39 is 22.5 Å². The molecular weight excluding hydrogens is 560 g/mol. The van der Waals surface area contributed by atoms with Gasteiger partial charge >= 0.3 is 0 Å². The molecule has 6 rings (SSSR count). The number of nitrogens with zero attached hydrogens (tertiary/aromatic N) is 3. The van der Waals surface area contributed by atoms with Gasteiger partial charge in [0, 0.05) is 35.5 Å². The summed E-state index contributed by atoms with van der Waals surface area (Å²) in [7, 11) is 1.50. The van der Waals surface area contributed by atoms with Crippen molar-refractivity contribution >= 4 is 5.91 Å². The first kappa shape index (κ1) is 30.1. The Balaban J connectivity index is 1.31. The second kappa shape index (κ2) is 10.9. The summed E-state index contributed by atoms with van der Waals surface area (Å²) in [5.74, 6) is 0.944. The first-order chi connectivity index (χ1) is 20.9. The van der Waals surface area contributed by atoms with Gasteiger partial charge in [-0.3, -0.25) is 9.69 Å². The van der Waals surface area contributed by atoms with Crippen LogP contribution >= 0.6 is 0 Å². The summed E-state index contributed by atoms with van der Waals surface area (Å²) in [6, 6.07) is 12.7. The molecule has 2 heterocycles. The molecule has 0 spiro atoms.